The molecule has 0 atom stereocenters. The van der Waals surface area contributed by atoms with Crippen LogP contribution in [0.25, 0.3) is 20.8 Å². The van der Waals surface area contributed by atoms with E-state index < -0.39 is 0 Å². The minimum absolute atomic E-state index is 0.238. The van der Waals surface area contributed by atoms with Crippen LogP contribution in [0.1, 0.15) is 22.8 Å². The zero-order valence-electron chi connectivity index (χ0n) is 17.1. The van der Waals surface area contributed by atoms with Crippen molar-refractivity contribution < 1.29 is 9.53 Å². The molecule has 1 aromatic heterocycles. The summed E-state index contributed by atoms with van der Waals surface area (Å²) in [7, 11) is 0. The van der Waals surface area contributed by atoms with Crippen molar-refractivity contribution in [3.63, 3.8) is 0 Å². The lowest BCUT2D eigenvalue weighted by molar-refractivity contribution is 0.0977. The lowest BCUT2D eigenvalue weighted by atomic mass is 10.2. The summed E-state index contributed by atoms with van der Waals surface area (Å²) < 4.78 is 6.57. The van der Waals surface area contributed by atoms with Gasteiger partial charge < -0.3 is 10.1 Å². The fourth-order valence-electron chi connectivity index (χ4n) is 3.06. The number of hydrogen-bond acceptors (Lipinski definition) is 5. The number of ether oxygens (including phenoxy) is 1. The van der Waals surface area contributed by atoms with Crippen molar-refractivity contribution in [1.82, 2.24) is 10.3 Å². The molecule has 31 heavy (non-hydrogen) atoms. The highest BCUT2D eigenvalue weighted by Gasteiger charge is 2.10. The first-order chi connectivity index (χ1) is 15.0. The summed E-state index contributed by atoms with van der Waals surface area (Å²) in [5, 5.41) is 6.95. The zero-order chi connectivity index (χ0) is 21.8. The number of anilines is 1. The fraction of sp³-hybridized carbons (Fsp3) is 0.125. The van der Waals surface area contributed by atoms with Gasteiger partial charge in [-0.1, -0.05) is 6.07 Å². The van der Waals surface area contributed by atoms with Gasteiger partial charge in [-0.25, -0.2) is 4.98 Å². The fourth-order valence-corrected chi connectivity index (χ4v) is 4.34. The number of nitrogens with one attached hydrogen (secondary N) is 2. The quantitative estimate of drug-likeness (QED) is 0.379. The largest absolute Gasteiger partial charge is 0.494 e. The van der Waals surface area contributed by atoms with Gasteiger partial charge in [-0.2, -0.15) is 0 Å². The van der Waals surface area contributed by atoms with Crippen LogP contribution in [-0.2, 0) is 0 Å². The molecule has 0 unspecified atom stereocenters. The van der Waals surface area contributed by atoms with Gasteiger partial charge in [-0.3, -0.25) is 10.1 Å². The predicted octanol–water partition coefficient (Wildman–Crippen LogP) is 5.80. The van der Waals surface area contributed by atoms with Gasteiger partial charge in [-0.05, 0) is 92.3 Å². The standard InChI is InChI=1S/C24H21N3O2S2/c1-3-29-19-11-7-16(8-12-19)22(28)27-24(30)25-18-9-5-17(6-10-18)23-26-20-13-4-15(2)14-21(20)31-23/h4-14H,3H2,1-2H3,(H2,25,27,28,30). The summed E-state index contributed by atoms with van der Waals surface area (Å²) in [6, 6.07) is 21.0. The number of aromatic nitrogens is 1. The van der Waals surface area contributed by atoms with Crippen molar-refractivity contribution in [2.24, 2.45) is 0 Å². The normalized spacial score (nSPS) is 10.6. The first-order valence-corrected chi connectivity index (χ1v) is 11.1. The second-order valence-electron chi connectivity index (χ2n) is 6.93. The Labute approximate surface area is 190 Å². The highest BCUT2D eigenvalue weighted by molar-refractivity contribution is 7.80. The summed E-state index contributed by atoms with van der Waals surface area (Å²) in [6.45, 7) is 4.57. The molecule has 2 N–H and O–H groups in total. The van der Waals surface area contributed by atoms with Crippen LogP contribution in [0.5, 0.6) is 5.75 Å². The highest BCUT2D eigenvalue weighted by atomic mass is 32.1. The van der Waals surface area contributed by atoms with Crippen LogP contribution in [0.4, 0.5) is 5.69 Å². The average Bonchev–Trinajstić information content (AvgIpc) is 3.18. The van der Waals surface area contributed by atoms with Crippen molar-refractivity contribution in [2.45, 2.75) is 13.8 Å². The van der Waals surface area contributed by atoms with Gasteiger partial charge >= 0.3 is 0 Å². The maximum atomic E-state index is 12.4. The molecule has 4 aromatic rings. The minimum Gasteiger partial charge on any atom is -0.494 e. The molecule has 0 spiro atoms. The van der Waals surface area contributed by atoms with Crippen molar-refractivity contribution in [2.75, 3.05) is 11.9 Å². The molecule has 0 fully saturated rings. The van der Waals surface area contributed by atoms with Crippen molar-refractivity contribution in [1.29, 1.82) is 0 Å². The van der Waals surface area contributed by atoms with E-state index in [1.165, 1.54) is 10.3 Å². The van der Waals surface area contributed by atoms with E-state index in [9.17, 15) is 4.79 Å². The number of amides is 1. The Hall–Kier alpha value is -3.29. The van der Waals surface area contributed by atoms with Crippen LogP contribution in [0.2, 0.25) is 0 Å². The van der Waals surface area contributed by atoms with Crippen LogP contribution in [-0.4, -0.2) is 22.6 Å². The molecular weight excluding hydrogens is 426 g/mol. The van der Waals surface area contributed by atoms with E-state index >= 15 is 0 Å². The minimum atomic E-state index is -0.276. The number of rotatable bonds is 5. The van der Waals surface area contributed by atoms with E-state index in [0.29, 0.717) is 12.2 Å². The summed E-state index contributed by atoms with van der Waals surface area (Å²) >= 11 is 6.95. The molecular formula is C24H21N3O2S2. The van der Waals surface area contributed by atoms with Gasteiger partial charge in [0.1, 0.15) is 10.8 Å². The third-order valence-electron chi connectivity index (χ3n) is 4.59. The maximum absolute atomic E-state index is 12.4. The molecule has 0 radical (unpaired) electrons. The Balaban J connectivity index is 1.38. The smallest absolute Gasteiger partial charge is 0.257 e. The summed E-state index contributed by atoms with van der Waals surface area (Å²) in [5.41, 5.74) is 4.56. The molecule has 0 aliphatic heterocycles. The lowest BCUT2D eigenvalue weighted by Gasteiger charge is -2.10. The molecule has 0 bridgehead atoms. The molecule has 0 saturated carbocycles. The Morgan fingerprint density at radius 1 is 1.06 bits per heavy atom. The van der Waals surface area contributed by atoms with E-state index in [1.54, 1.807) is 35.6 Å². The number of thiocarbonyl (C=S) groups is 1. The number of hydrogen-bond donors (Lipinski definition) is 2. The molecule has 3 aromatic carbocycles. The molecule has 4 rings (SSSR count). The Kier molecular flexibility index (Phi) is 6.25. The topological polar surface area (TPSA) is 63.2 Å². The molecule has 7 heteroatoms. The van der Waals surface area contributed by atoms with Crippen LogP contribution < -0.4 is 15.4 Å². The SMILES string of the molecule is CCOc1ccc(C(=O)NC(=S)Nc2ccc(-c3nc4ccc(C)cc4s3)cc2)cc1. The Morgan fingerprint density at radius 2 is 1.81 bits per heavy atom. The summed E-state index contributed by atoms with van der Waals surface area (Å²) in [5.74, 6) is 0.449. The number of aryl methyl sites for hydroxylation is 1. The van der Waals surface area contributed by atoms with Crippen molar-refractivity contribution in [3.05, 3.63) is 77.9 Å². The van der Waals surface area contributed by atoms with Gasteiger partial charge in [0.2, 0.25) is 0 Å². The number of nitrogens with zero attached hydrogens (tertiary/aromatic N) is 1. The van der Waals surface area contributed by atoms with Gasteiger partial charge in [-0.15, -0.1) is 11.3 Å². The zero-order valence-corrected chi connectivity index (χ0v) is 18.8. The van der Waals surface area contributed by atoms with Crippen molar-refractivity contribution >= 4 is 50.5 Å². The molecule has 0 aliphatic carbocycles. The number of thiazole rings is 1. The third kappa shape index (κ3) is 5.07. The van der Waals surface area contributed by atoms with Crippen LogP contribution in [0.15, 0.2) is 66.7 Å². The maximum Gasteiger partial charge on any atom is 0.257 e. The molecule has 1 heterocycles. The average molecular weight is 448 g/mol. The monoisotopic (exact) mass is 447 g/mol. The third-order valence-corrected chi connectivity index (χ3v) is 5.86. The van der Waals surface area contributed by atoms with Crippen LogP contribution >= 0.6 is 23.6 Å². The van der Waals surface area contributed by atoms with E-state index in [0.717, 1.165) is 27.5 Å². The van der Waals surface area contributed by atoms with Gasteiger partial charge in [0.05, 0.1) is 16.8 Å². The molecule has 156 valence electrons. The summed E-state index contributed by atoms with van der Waals surface area (Å²) in [4.78, 5) is 17.1. The number of carbonyl (C=O) groups is 1. The predicted molar refractivity (Wildman–Crippen MR) is 131 cm³/mol. The van der Waals surface area contributed by atoms with E-state index in [4.69, 9.17) is 21.9 Å². The Morgan fingerprint density at radius 3 is 2.52 bits per heavy atom. The molecule has 5 nitrogen and oxygen atoms in total. The second kappa shape index (κ2) is 9.24. The van der Waals surface area contributed by atoms with Crippen LogP contribution in [0.3, 0.4) is 0 Å². The second-order valence-corrected chi connectivity index (χ2v) is 8.37. The van der Waals surface area contributed by atoms with E-state index in [1.807, 2.05) is 37.3 Å². The van der Waals surface area contributed by atoms with Gasteiger partial charge in [0, 0.05) is 16.8 Å². The highest BCUT2D eigenvalue weighted by Crippen LogP contribution is 2.31. The van der Waals surface area contributed by atoms with E-state index in [2.05, 4.69) is 29.7 Å². The first-order valence-electron chi connectivity index (χ1n) is 9.84. The van der Waals surface area contributed by atoms with Gasteiger partial charge in [0.15, 0.2) is 5.11 Å². The number of fused-ring (bicyclic) bond motifs is 1. The van der Waals surface area contributed by atoms with Gasteiger partial charge in [0.25, 0.3) is 5.91 Å². The molecule has 1 amide bonds. The number of carbonyl (C=O) groups excluding carboxylic acids is 1. The molecule has 0 saturated heterocycles. The van der Waals surface area contributed by atoms with E-state index in [-0.39, 0.29) is 11.0 Å². The van der Waals surface area contributed by atoms with Crippen LogP contribution in [0, 0.1) is 6.92 Å². The lowest BCUT2D eigenvalue weighted by Crippen LogP contribution is -2.34. The molecule has 0 aliphatic rings. The number of benzene rings is 3. The van der Waals surface area contributed by atoms with Crippen molar-refractivity contribution in [3.8, 4) is 16.3 Å². The Bertz CT molecular complexity index is 1230. The summed E-state index contributed by atoms with van der Waals surface area (Å²) in [6.07, 6.45) is 0. The first kappa shape index (κ1) is 21.0.